The summed E-state index contributed by atoms with van der Waals surface area (Å²) in [6, 6.07) is 0. The lowest BCUT2D eigenvalue weighted by Gasteiger charge is -2.25. The number of carboxylic acid groups (broad SMARTS) is 1. The smallest absolute Gasteiger partial charge is 0.361 e. The number of carboxylic acids is 1. The minimum absolute atomic E-state index is 0.183. The van der Waals surface area contributed by atoms with E-state index in [-0.39, 0.29) is 32.2 Å². The van der Waals surface area contributed by atoms with Gasteiger partial charge in [0.2, 0.25) is 0 Å². The number of carbonyl (C=O) groups is 3. The molecule has 105 heavy (non-hydrogen) atoms. The minimum atomic E-state index is -1.52. The second kappa shape index (κ2) is 84.3. The van der Waals surface area contributed by atoms with Crippen molar-refractivity contribution in [1.82, 2.24) is 0 Å². The fourth-order valence-corrected chi connectivity index (χ4v) is 12.0. The molecule has 9 nitrogen and oxygen atoms in total. The lowest BCUT2D eigenvalue weighted by Crippen LogP contribution is -2.40. The number of likely N-dealkylation sites (N-methyl/N-ethyl adjacent to an activating group) is 1. The molecule has 0 saturated carbocycles. The topological polar surface area (TPSA) is 108 Å². The monoisotopic (exact) mass is 1460 g/mol. The number of aliphatic carboxylic acids is 1. The van der Waals surface area contributed by atoms with Crippen molar-refractivity contribution in [2.45, 2.75) is 373 Å². The molecule has 0 heterocycles. The standard InChI is InChI=1S/C96H161NO8/c1-6-8-10-12-14-16-18-20-22-24-26-28-30-32-34-36-38-40-42-44-46-47-49-51-53-55-57-59-61-63-65-67-69-71-73-75-77-79-81-83-85-87-94(99)105-92(91-104-96(95(100)101)102-89-88-97(3,4)5)90-103-93(98)86-84-82-80-78-76-74-72-70-68-66-64-62-60-58-56-54-52-50-48-45-43-41-39-37-35-33-31-29-27-25-23-21-19-17-15-13-11-9-7-2/h8-11,14-17,20-23,26-29,32-35,38,40,44,46,49,51,55,57,92,96H,6-7,12-13,18-19,24-25,30-31,36-37,39,41-43,45,47-48,50,52-54,56,58-91H2,1-5H3/p+1/b10-8-,11-9-,16-14-,17-15-,22-20-,23-21-,28-26-,29-27-,34-32-,35-33-,40-38-,46-44-,51-49-,57-55-. The summed E-state index contributed by atoms with van der Waals surface area (Å²) in [4.78, 5) is 37.8. The van der Waals surface area contributed by atoms with Gasteiger partial charge < -0.3 is 28.5 Å². The predicted octanol–water partition coefficient (Wildman–Crippen LogP) is 28.5. The van der Waals surface area contributed by atoms with Crippen LogP contribution in [-0.4, -0.2) is 87.4 Å². The summed E-state index contributed by atoms with van der Waals surface area (Å²) in [5, 5.41) is 9.79. The van der Waals surface area contributed by atoms with Gasteiger partial charge in [0, 0.05) is 12.8 Å². The number of hydrogen-bond donors (Lipinski definition) is 1. The Balaban J connectivity index is 4.01. The van der Waals surface area contributed by atoms with Gasteiger partial charge in [0.1, 0.15) is 13.2 Å². The Bertz CT molecular complexity index is 2350. The quantitative estimate of drug-likeness (QED) is 0.0211. The first-order valence-corrected chi connectivity index (χ1v) is 43.3. The molecule has 0 aliphatic carbocycles. The summed E-state index contributed by atoms with van der Waals surface area (Å²) < 4.78 is 23.1. The van der Waals surface area contributed by atoms with Crippen molar-refractivity contribution >= 4 is 17.9 Å². The highest BCUT2D eigenvalue weighted by atomic mass is 16.7. The number of esters is 2. The van der Waals surface area contributed by atoms with Crippen molar-refractivity contribution in [3.05, 3.63) is 170 Å². The summed E-state index contributed by atoms with van der Waals surface area (Å²) in [5.41, 5.74) is 0. The molecule has 0 radical (unpaired) electrons. The molecule has 0 saturated heterocycles. The van der Waals surface area contributed by atoms with Crippen molar-refractivity contribution in [3.63, 3.8) is 0 Å². The zero-order valence-electron chi connectivity index (χ0n) is 68.6. The highest BCUT2D eigenvalue weighted by Crippen LogP contribution is 2.19. The molecule has 0 aromatic rings. The van der Waals surface area contributed by atoms with Gasteiger partial charge in [0.05, 0.1) is 34.4 Å². The molecule has 9 heteroatoms. The van der Waals surface area contributed by atoms with Crippen LogP contribution >= 0.6 is 0 Å². The van der Waals surface area contributed by atoms with Crippen LogP contribution < -0.4 is 0 Å². The van der Waals surface area contributed by atoms with Gasteiger partial charge in [-0.3, -0.25) is 9.59 Å². The van der Waals surface area contributed by atoms with E-state index >= 15 is 0 Å². The summed E-state index contributed by atoms with van der Waals surface area (Å²) in [6.45, 7) is 4.67. The van der Waals surface area contributed by atoms with Crippen LogP contribution in [0, 0.1) is 0 Å². The average molecular weight is 1460 g/mol. The van der Waals surface area contributed by atoms with Gasteiger partial charge in [-0.15, -0.1) is 0 Å². The van der Waals surface area contributed by atoms with E-state index in [1.165, 1.54) is 199 Å². The molecule has 2 unspecified atom stereocenters. The van der Waals surface area contributed by atoms with Crippen molar-refractivity contribution in [1.29, 1.82) is 0 Å². The first-order valence-electron chi connectivity index (χ1n) is 43.3. The van der Waals surface area contributed by atoms with Crippen LogP contribution in [0.1, 0.15) is 361 Å². The molecule has 0 aromatic heterocycles. The van der Waals surface area contributed by atoms with Gasteiger partial charge >= 0.3 is 17.9 Å². The predicted molar refractivity (Wildman–Crippen MR) is 456 cm³/mol. The SMILES string of the molecule is CC/C=C\C/C=C\C/C=C\C/C=C\C/C=C\C/C=C\C/C=C\C/C=C\C/C=C\CCCCCCCCCCCCCCCC(=O)OC(COC(=O)CCCCCCCCCCCCCCCCCCCCCCCCC/C=C\C/C=C\C/C=C\C/C=C\C/C=C\CC)COC(OCC[N+](C)(C)C)C(=O)O. The Morgan fingerprint density at radius 3 is 0.762 bits per heavy atom. The number of hydrogen-bond acceptors (Lipinski definition) is 7. The first kappa shape index (κ1) is 99.7. The van der Waals surface area contributed by atoms with E-state index in [2.05, 4.69) is 184 Å². The van der Waals surface area contributed by atoms with Gasteiger partial charge in [-0.25, -0.2) is 4.79 Å². The fraction of sp³-hybridized carbons (Fsp3) is 0.677. The van der Waals surface area contributed by atoms with Crippen LogP contribution in [0.4, 0.5) is 0 Å². The van der Waals surface area contributed by atoms with E-state index in [1.807, 2.05) is 21.1 Å². The van der Waals surface area contributed by atoms with Gasteiger partial charge in [0.15, 0.2) is 6.10 Å². The molecular formula is C96H162NO8+. The number of nitrogens with zero attached hydrogens (tertiary/aromatic N) is 1. The molecular weight excluding hydrogens is 1300 g/mol. The molecule has 1 N–H and O–H groups in total. The van der Waals surface area contributed by atoms with E-state index in [0.717, 1.165) is 128 Å². The van der Waals surface area contributed by atoms with Crippen LogP contribution in [0.5, 0.6) is 0 Å². The zero-order chi connectivity index (χ0) is 76.0. The second-order valence-corrected chi connectivity index (χ2v) is 29.7. The number of quaternary nitrogens is 1. The summed E-state index contributed by atoms with van der Waals surface area (Å²) in [7, 11) is 5.99. The minimum Gasteiger partial charge on any atom is -0.477 e. The van der Waals surface area contributed by atoms with Gasteiger partial charge in [-0.05, 0) is 128 Å². The Morgan fingerprint density at radius 2 is 0.514 bits per heavy atom. The Labute approximate surface area is 647 Å². The van der Waals surface area contributed by atoms with Crippen molar-refractivity contribution in [2.24, 2.45) is 0 Å². The lowest BCUT2D eigenvalue weighted by atomic mass is 10.0. The summed E-state index contributed by atoms with van der Waals surface area (Å²) in [5.74, 6) is -2.00. The Hall–Kier alpha value is -5.35. The lowest BCUT2D eigenvalue weighted by molar-refractivity contribution is -0.870. The van der Waals surface area contributed by atoms with E-state index < -0.39 is 24.3 Å². The number of ether oxygens (including phenoxy) is 4. The van der Waals surface area contributed by atoms with Crippen LogP contribution in [0.3, 0.4) is 0 Å². The molecule has 0 aliphatic rings. The van der Waals surface area contributed by atoms with Crippen molar-refractivity contribution in [3.8, 4) is 0 Å². The maximum Gasteiger partial charge on any atom is 0.361 e. The van der Waals surface area contributed by atoms with Crippen LogP contribution in [0.25, 0.3) is 0 Å². The van der Waals surface area contributed by atoms with Crippen molar-refractivity contribution < 1.29 is 42.9 Å². The van der Waals surface area contributed by atoms with Crippen LogP contribution in [0.15, 0.2) is 170 Å². The van der Waals surface area contributed by atoms with E-state index in [0.29, 0.717) is 23.9 Å². The summed E-state index contributed by atoms with van der Waals surface area (Å²) in [6.07, 6.45) is 124. The molecule has 598 valence electrons. The van der Waals surface area contributed by atoms with Gasteiger partial charge in [-0.1, -0.05) is 389 Å². The zero-order valence-corrected chi connectivity index (χ0v) is 68.6. The normalized spacial score (nSPS) is 13.5. The molecule has 0 amide bonds. The number of allylic oxidation sites excluding steroid dienone is 28. The van der Waals surface area contributed by atoms with Crippen molar-refractivity contribution in [2.75, 3.05) is 47.5 Å². The molecule has 0 fully saturated rings. The fourth-order valence-electron chi connectivity index (χ4n) is 12.0. The highest BCUT2D eigenvalue weighted by molar-refractivity contribution is 5.71. The first-order chi connectivity index (χ1) is 51.6. The van der Waals surface area contributed by atoms with Gasteiger partial charge in [-0.2, -0.15) is 0 Å². The maximum absolute atomic E-state index is 13.0. The number of carbonyl (C=O) groups excluding carboxylic acids is 2. The molecule has 0 rings (SSSR count). The molecule has 0 aliphatic heterocycles. The van der Waals surface area contributed by atoms with E-state index in [4.69, 9.17) is 18.9 Å². The van der Waals surface area contributed by atoms with Crippen LogP contribution in [-0.2, 0) is 33.3 Å². The number of unbranched alkanes of at least 4 members (excludes halogenated alkanes) is 36. The number of rotatable bonds is 79. The third kappa shape index (κ3) is 85.8. The highest BCUT2D eigenvalue weighted by Gasteiger charge is 2.25. The Morgan fingerprint density at radius 1 is 0.286 bits per heavy atom. The third-order valence-corrected chi connectivity index (χ3v) is 18.5. The molecule has 0 aromatic carbocycles. The van der Waals surface area contributed by atoms with Gasteiger partial charge in [0.25, 0.3) is 6.29 Å². The summed E-state index contributed by atoms with van der Waals surface area (Å²) >= 11 is 0. The van der Waals surface area contributed by atoms with Crippen LogP contribution in [0.2, 0.25) is 0 Å². The third-order valence-electron chi connectivity index (χ3n) is 18.5. The Kier molecular flexibility index (Phi) is 80.0. The average Bonchev–Trinajstić information content (AvgIpc) is 1.18. The molecule has 2 atom stereocenters. The second-order valence-electron chi connectivity index (χ2n) is 29.7. The van der Waals surface area contributed by atoms with E-state index in [1.54, 1.807) is 0 Å². The maximum atomic E-state index is 13.0. The molecule has 0 bridgehead atoms. The largest absolute Gasteiger partial charge is 0.477 e. The van der Waals surface area contributed by atoms with E-state index in [9.17, 15) is 19.5 Å². The molecule has 0 spiro atoms.